The van der Waals surface area contributed by atoms with E-state index in [9.17, 15) is 4.79 Å². The van der Waals surface area contributed by atoms with Crippen molar-refractivity contribution in [3.05, 3.63) is 18.2 Å². The average molecular weight is 196 g/mol. The number of amides is 1. The van der Waals surface area contributed by atoms with Crippen molar-refractivity contribution in [3.63, 3.8) is 0 Å². The molecule has 0 aliphatic rings. The predicted molar refractivity (Wildman–Crippen MR) is 53.4 cm³/mol. The second kappa shape index (κ2) is 5.39. The van der Waals surface area contributed by atoms with Crippen LogP contribution in [0.4, 0.5) is 0 Å². The van der Waals surface area contributed by atoms with Crippen molar-refractivity contribution in [3.8, 4) is 0 Å². The lowest BCUT2D eigenvalue weighted by Gasteiger charge is -2.05. The predicted octanol–water partition coefficient (Wildman–Crippen LogP) is -0.132. The Morgan fingerprint density at radius 3 is 3.14 bits per heavy atom. The first-order valence-electron chi connectivity index (χ1n) is 4.73. The number of rotatable bonds is 6. The number of nitrogens with one attached hydrogen (secondary N) is 1. The Labute approximate surface area is 83.3 Å². The van der Waals surface area contributed by atoms with Gasteiger partial charge in [-0.25, -0.2) is 4.98 Å². The van der Waals surface area contributed by atoms with Crippen molar-refractivity contribution in [2.75, 3.05) is 6.54 Å². The maximum absolute atomic E-state index is 10.4. The van der Waals surface area contributed by atoms with Gasteiger partial charge >= 0.3 is 0 Å². The first kappa shape index (κ1) is 10.7. The van der Waals surface area contributed by atoms with E-state index in [0.29, 0.717) is 19.5 Å². The van der Waals surface area contributed by atoms with Crippen molar-refractivity contribution in [1.82, 2.24) is 14.9 Å². The number of imidazole rings is 1. The van der Waals surface area contributed by atoms with Gasteiger partial charge in [0.05, 0.1) is 6.54 Å². The average Bonchev–Trinajstić information content (AvgIpc) is 2.59. The maximum atomic E-state index is 10.4. The molecule has 0 aliphatic heterocycles. The highest BCUT2D eigenvalue weighted by Gasteiger charge is 2.00. The molecule has 0 saturated heterocycles. The fraction of sp³-hybridized carbons (Fsp3) is 0.556. The van der Waals surface area contributed by atoms with Crippen molar-refractivity contribution in [2.45, 2.75) is 26.4 Å². The molecule has 1 aromatic rings. The number of aryl methyl sites for hydroxylation is 1. The molecular weight excluding hydrogens is 180 g/mol. The molecule has 14 heavy (non-hydrogen) atoms. The summed E-state index contributed by atoms with van der Waals surface area (Å²) in [6.45, 7) is 4.25. The maximum Gasteiger partial charge on any atom is 0.218 e. The molecule has 0 unspecified atom stereocenters. The van der Waals surface area contributed by atoms with Gasteiger partial charge in [0, 0.05) is 31.9 Å². The Morgan fingerprint density at radius 2 is 2.50 bits per heavy atom. The SMILES string of the molecule is CCn1ccnc1CNCCC(N)=O. The molecule has 0 aromatic carbocycles. The Kier molecular flexibility index (Phi) is 4.12. The molecular formula is C9H16N4O. The summed E-state index contributed by atoms with van der Waals surface area (Å²) in [7, 11) is 0. The number of hydrogen-bond acceptors (Lipinski definition) is 3. The fourth-order valence-corrected chi connectivity index (χ4v) is 1.21. The molecule has 0 fully saturated rings. The van der Waals surface area contributed by atoms with Crippen LogP contribution in [0, 0.1) is 0 Å². The lowest BCUT2D eigenvalue weighted by molar-refractivity contribution is -0.117. The van der Waals surface area contributed by atoms with Crippen molar-refractivity contribution in [2.24, 2.45) is 5.73 Å². The third kappa shape index (κ3) is 3.18. The molecule has 0 radical (unpaired) electrons. The molecule has 1 aromatic heterocycles. The minimum atomic E-state index is -0.281. The lowest BCUT2D eigenvalue weighted by Crippen LogP contribution is -2.23. The van der Waals surface area contributed by atoms with Gasteiger partial charge in [-0.05, 0) is 6.92 Å². The van der Waals surface area contributed by atoms with Crippen LogP contribution in [0.1, 0.15) is 19.2 Å². The second-order valence-corrected chi connectivity index (χ2v) is 3.02. The van der Waals surface area contributed by atoms with Crippen molar-refractivity contribution in [1.29, 1.82) is 0 Å². The van der Waals surface area contributed by atoms with Gasteiger partial charge in [0.1, 0.15) is 5.82 Å². The minimum Gasteiger partial charge on any atom is -0.370 e. The summed E-state index contributed by atoms with van der Waals surface area (Å²) in [5.74, 6) is 0.702. The van der Waals surface area contributed by atoms with Gasteiger partial charge in [0.25, 0.3) is 0 Å². The van der Waals surface area contributed by atoms with Crippen LogP contribution < -0.4 is 11.1 Å². The van der Waals surface area contributed by atoms with Gasteiger partial charge in [-0.2, -0.15) is 0 Å². The number of nitrogens with two attached hydrogens (primary N) is 1. The largest absolute Gasteiger partial charge is 0.370 e. The fourth-order valence-electron chi connectivity index (χ4n) is 1.21. The van der Waals surface area contributed by atoms with E-state index in [1.54, 1.807) is 6.20 Å². The Balaban J connectivity index is 2.27. The molecule has 0 aliphatic carbocycles. The van der Waals surface area contributed by atoms with E-state index in [0.717, 1.165) is 12.4 Å². The van der Waals surface area contributed by atoms with Crippen LogP contribution in [0.5, 0.6) is 0 Å². The molecule has 0 spiro atoms. The van der Waals surface area contributed by atoms with E-state index in [4.69, 9.17) is 5.73 Å². The van der Waals surface area contributed by atoms with E-state index >= 15 is 0 Å². The number of carbonyl (C=O) groups is 1. The number of primary amides is 1. The van der Waals surface area contributed by atoms with Crippen LogP contribution in [0.25, 0.3) is 0 Å². The van der Waals surface area contributed by atoms with E-state index in [1.165, 1.54) is 0 Å². The van der Waals surface area contributed by atoms with E-state index in [2.05, 4.69) is 21.8 Å². The number of hydrogen-bond donors (Lipinski definition) is 2. The Bertz CT molecular complexity index is 295. The molecule has 5 heteroatoms. The van der Waals surface area contributed by atoms with Gasteiger partial charge in [-0.3, -0.25) is 4.79 Å². The Hall–Kier alpha value is -1.36. The molecule has 3 N–H and O–H groups in total. The molecule has 0 atom stereocenters. The molecule has 1 rings (SSSR count). The number of nitrogens with zero attached hydrogens (tertiary/aromatic N) is 2. The van der Waals surface area contributed by atoms with E-state index in [-0.39, 0.29) is 5.91 Å². The zero-order chi connectivity index (χ0) is 10.4. The summed E-state index contributed by atoms with van der Waals surface area (Å²) in [6.07, 6.45) is 4.08. The number of carbonyl (C=O) groups excluding carboxylic acids is 1. The van der Waals surface area contributed by atoms with Crippen molar-refractivity contribution >= 4 is 5.91 Å². The van der Waals surface area contributed by atoms with Crippen LogP contribution in [0.15, 0.2) is 12.4 Å². The summed E-state index contributed by atoms with van der Waals surface area (Å²) < 4.78 is 2.05. The van der Waals surface area contributed by atoms with Gasteiger partial charge in [0.2, 0.25) is 5.91 Å². The molecule has 5 nitrogen and oxygen atoms in total. The first-order valence-corrected chi connectivity index (χ1v) is 4.73. The van der Waals surface area contributed by atoms with Crippen molar-refractivity contribution < 1.29 is 4.79 Å². The highest BCUT2D eigenvalue weighted by Crippen LogP contribution is 1.96. The van der Waals surface area contributed by atoms with Crippen LogP contribution >= 0.6 is 0 Å². The quantitative estimate of drug-likeness (QED) is 0.622. The molecule has 0 saturated carbocycles. The monoisotopic (exact) mass is 196 g/mol. The third-order valence-corrected chi connectivity index (χ3v) is 1.97. The molecule has 0 bridgehead atoms. The van der Waals surface area contributed by atoms with Crippen LogP contribution in [0.2, 0.25) is 0 Å². The second-order valence-electron chi connectivity index (χ2n) is 3.02. The van der Waals surface area contributed by atoms with E-state index in [1.807, 2.05) is 6.20 Å². The highest BCUT2D eigenvalue weighted by atomic mass is 16.1. The standard InChI is InChI=1S/C9H16N4O/c1-2-13-6-5-12-9(13)7-11-4-3-8(10)14/h5-6,11H,2-4,7H2,1H3,(H2,10,14). The summed E-state index contributed by atoms with van der Waals surface area (Å²) in [5.41, 5.74) is 5.01. The smallest absolute Gasteiger partial charge is 0.218 e. The molecule has 1 heterocycles. The molecule has 78 valence electrons. The first-order chi connectivity index (χ1) is 6.74. The summed E-state index contributed by atoms with van der Waals surface area (Å²) in [4.78, 5) is 14.6. The van der Waals surface area contributed by atoms with Crippen LogP contribution in [-0.2, 0) is 17.9 Å². The summed E-state index contributed by atoms with van der Waals surface area (Å²) in [6, 6.07) is 0. The zero-order valence-corrected chi connectivity index (χ0v) is 8.36. The van der Waals surface area contributed by atoms with Gasteiger partial charge < -0.3 is 15.6 Å². The topological polar surface area (TPSA) is 72.9 Å². The normalized spacial score (nSPS) is 10.4. The minimum absolute atomic E-state index is 0.281. The van der Waals surface area contributed by atoms with Gasteiger partial charge in [0.15, 0.2) is 0 Å². The van der Waals surface area contributed by atoms with Crippen LogP contribution in [0.3, 0.4) is 0 Å². The summed E-state index contributed by atoms with van der Waals surface area (Å²) in [5, 5.41) is 3.11. The van der Waals surface area contributed by atoms with Gasteiger partial charge in [-0.15, -0.1) is 0 Å². The third-order valence-electron chi connectivity index (χ3n) is 1.97. The zero-order valence-electron chi connectivity index (χ0n) is 8.36. The number of aromatic nitrogens is 2. The lowest BCUT2D eigenvalue weighted by atomic mass is 10.4. The highest BCUT2D eigenvalue weighted by molar-refractivity contribution is 5.73. The van der Waals surface area contributed by atoms with E-state index < -0.39 is 0 Å². The summed E-state index contributed by atoms with van der Waals surface area (Å²) >= 11 is 0. The Morgan fingerprint density at radius 1 is 1.71 bits per heavy atom. The van der Waals surface area contributed by atoms with Gasteiger partial charge in [-0.1, -0.05) is 0 Å². The molecule has 1 amide bonds. The van der Waals surface area contributed by atoms with Crippen LogP contribution in [-0.4, -0.2) is 22.0 Å².